The van der Waals surface area contributed by atoms with E-state index in [1.165, 1.54) is 0 Å². The van der Waals surface area contributed by atoms with E-state index in [9.17, 15) is 9.90 Å². The Morgan fingerprint density at radius 1 is 1.03 bits per heavy atom. The lowest BCUT2D eigenvalue weighted by Gasteiger charge is -2.19. The molecule has 2 aromatic carbocycles. The highest BCUT2D eigenvalue weighted by atomic mass is 16.4. The van der Waals surface area contributed by atoms with Crippen LogP contribution in [-0.2, 0) is 11.2 Å². The van der Waals surface area contributed by atoms with Crippen molar-refractivity contribution in [2.75, 3.05) is 0 Å². The average Bonchev–Trinajstić information content (AvgIpc) is 3.14. The minimum atomic E-state index is -0.843. The van der Waals surface area contributed by atoms with Gasteiger partial charge in [-0.3, -0.25) is 4.79 Å². The second-order valence-corrected chi connectivity index (χ2v) is 7.91. The van der Waals surface area contributed by atoms with Gasteiger partial charge >= 0.3 is 5.97 Å². The lowest BCUT2D eigenvalue weighted by molar-refractivity contribution is -0.139. The molecule has 0 saturated heterocycles. The number of fused-ring (bicyclic) bond motifs is 1. The maximum Gasteiger partial charge on any atom is 0.311 e. The summed E-state index contributed by atoms with van der Waals surface area (Å²) in [4.78, 5) is 21.5. The number of aliphatic carboxylic acids is 1. The van der Waals surface area contributed by atoms with Gasteiger partial charge in [0.05, 0.1) is 11.6 Å². The third-order valence-corrected chi connectivity index (χ3v) is 5.51. The molecule has 0 bridgehead atoms. The monoisotopic (exact) mass is 414 g/mol. The summed E-state index contributed by atoms with van der Waals surface area (Å²) >= 11 is 0. The summed E-state index contributed by atoms with van der Waals surface area (Å²) in [6.07, 6.45) is 1.88. The Morgan fingerprint density at radius 2 is 1.74 bits per heavy atom. The van der Waals surface area contributed by atoms with Gasteiger partial charge < -0.3 is 5.11 Å². The number of hydrogen-bond acceptors (Lipinski definition) is 4. The van der Waals surface area contributed by atoms with Crippen molar-refractivity contribution in [3.63, 3.8) is 0 Å². The molecule has 1 unspecified atom stereocenters. The fraction of sp³-hybridized carbons (Fsp3) is 0.280. The summed E-state index contributed by atoms with van der Waals surface area (Å²) in [6, 6.07) is 18.1. The molecule has 1 atom stereocenters. The largest absolute Gasteiger partial charge is 0.481 e. The molecule has 0 aliphatic heterocycles. The van der Waals surface area contributed by atoms with Gasteiger partial charge in [0.1, 0.15) is 0 Å². The van der Waals surface area contributed by atoms with Crippen LogP contribution in [0.3, 0.4) is 0 Å². The molecule has 6 nitrogen and oxygen atoms in total. The highest BCUT2D eigenvalue weighted by molar-refractivity contribution is 5.81. The number of carboxylic acids is 1. The zero-order valence-corrected chi connectivity index (χ0v) is 18.0. The first-order chi connectivity index (χ1) is 15.0. The molecule has 1 N–H and O–H groups in total. The van der Waals surface area contributed by atoms with Gasteiger partial charge in [0.15, 0.2) is 5.82 Å². The molecule has 2 aromatic heterocycles. The zero-order valence-electron chi connectivity index (χ0n) is 18.0. The Hall–Kier alpha value is -3.54. The van der Waals surface area contributed by atoms with E-state index in [0.717, 1.165) is 28.8 Å². The van der Waals surface area contributed by atoms with Crippen molar-refractivity contribution in [2.24, 2.45) is 0 Å². The summed E-state index contributed by atoms with van der Waals surface area (Å²) < 4.78 is 1.72. The smallest absolute Gasteiger partial charge is 0.311 e. The number of rotatable bonds is 7. The standard InChI is InChI=1S/C25H26N4O2/c1-4-8-20(24(30)31)22-17(3)26-25-27-21(15-18-9-6-5-7-10-18)28-29(25)23(22)19-13-11-16(2)12-14-19/h5-7,9-14,20H,4,8,15H2,1-3H3,(H,30,31). The summed E-state index contributed by atoms with van der Waals surface area (Å²) in [6.45, 7) is 5.89. The SMILES string of the molecule is CCCC(C(=O)O)c1c(C)nc2nc(Cc3ccccc3)nn2c1-c1ccc(C)cc1. The molecule has 0 fully saturated rings. The van der Waals surface area contributed by atoms with Gasteiger partial charge in [-0.15, -0.1) is 5.10 Å². The lowest BCUT2D eigenvalue weighted by atomic mass is 9.89. The van der Waals surface area contributed by atoms with Crippen molar-refractivity contribution in [2.45, 2.75) is 46.0 Å². The highest BCUT2D eigenvalue weighted by Gasteiger charge is 2.28. The second kappa shape index (κ2) is 8.68. The number of carbonyl (C=O) groups is 1. The molecule has 4 aromatic rings. The van der Waals surface area contributed by atoms with Crippen molar-refractivity contribution in [1.82, 2.24) is 19.6 Å². The topological polar surface area (TPSA) is 80.4 Å². The van der Waals surface area contributed by atoms with Crippen LogP contribution in [0.1, 0.15) is 53.9 Å². The number of hydrogen-bond donors (Lipinski definition) is 1. The van der Waals surface area contributed by atoms with E-state index in [0.29, 0.717) is 35.7 Å². The van der Waals surface area contributed by atoms with Gasteiger partial charge in [0.25, 0.3) is 5.78 Å². The minimum Gasteiger partial charge on any atom is -0.481 e. The van der Waals surface area contributed by atoms with E-state index in [4.69, 9.17) is 5.10 Å². The van der Waals surface area contributed by atoms with Gasteiger partial charge in [-0.1, -0.05) is 73.5 Å². The van der Waals surface area contributed by atoms with Crippen LogP contribution in [0, 0.1) is 13.8 Å². The average molecular weight is 415 g/mol. The number of aryl methyl sites for hydroxylation is 2. The Labute approximate surface area is 181 Å². The Balaban J connectivity index is 1.95. The number of benzene rings is 2. The third kappa shape index (κ3) is 4.19. The van der Waals surface area contributed by atoms with E-state index >= 15 is 0 Å². The van der Waals surface area contributed by atoms with E-state index in [2.05, 4.69) is 9.97 Å². The first-order valence-electron chi connectivity index (χ1n) is 10.6. The predicted molar refractivity (Wildman–Crippen MR) is 120 cm³/mol. The van der Waals surface area contributed by atoms with E-state index < -0.39 is 11.9 Å². The molecule has 0 spiro atoms. The number of nitrogens with zero attached hydrogens (tertiary/aromatic N) is 4. The summed E-state index contributed by atoms with van der Waals surface area (Å²) in [5, 5.41) is 14.8. The normalized spacial score (nSPS) is 12.2. The highest BCUT2D eigenvalue weighted by Crippen LogP contribution is 2.34. The van der Waals surface area contributed by atoms with Gasteiger partial charge in [-0.05, 0) is 25.8 Å². The zero-order chi connectivity index (χ0) is 22.0. The molecular formula is C25H26N4O2. The molecule has 158 valence electrons. The first-order valence-corrected chi connectivity index (χ1v) is 10.6. The van der Waals surface area contributed by atoms with Crippen LogP contribution < -0.4 is 0 Å². The third-order valence-electron chi connectivity index (χ3n) is 5.51. The van der Waals surface area contributed by atoms with Gasteiger partial charge in [0, 0.05) is 23.2 Å². The van der Waals surface area contributed by atoms with Crippen molar-refractivity contribution >= 4 is 11.7 Å². The lowest BCUT2D eigenvalue weighted by Crippen LogP contribution is -2.17. The van der Waals surface area contributed by atoms with Crippen LogP contribution in [0.2, 0.25) is 0 Å². The second-order valence-electron chi connectivity index (χ2n) is 7.91. The molecular weight excluding hydrogens is 388 g/mol. The van der Waals surface area contributed by atoms with Gasteiger partial charge in [-0.25, -0.2) is 4.98 Å². The van der Waals surface area contributed by atoms with Crippen LogP contribution in [-0.4, -0.2) is 30.7 Å². The Kier molecular flexibility index (Phi) is 5.80. The molecule has 2 heterocycles. The molecule has 4 rings (SSSR count). The molecule has 0 aliphatic carbocycles. The van der Waals surface area contributed by atoms with Crippen LogP contribution in [0.25, 0.3) is 17.0 Å². The number of aromatic nitrogens is 4. The quantitative estimate of drug-likeness (QED) is 0.462. The van der Waals surface area contributed by atoms with Crippen molar-refractivity contribution in [3.05, 3.63) is 82.8 Å². The fourth-order valence-corrected chi connectivity index (χ4v) is 4.00. The molecule has 0 aliphatic rings. The van der Waals surface area contributed by atoms with E-state index in [1.54, 1.807) is 4.52 Å². The van der Waals surface area contributed by atoms with Crippen molar-refractivity contribution in [1.29, 1.82) is 0 Å². The van der Waals surface area contributed by atoms with Crippen LogP contribution in [0.5, 0.6) is 0 Å². The van der Waals surface area contributed by atoms with Crippen LogP contribution in [0.15, 0.2) is 54.6 Å². The predicted octanol–water partition coefficient (Wildman–Crippen LogP) is 4.97. The molecule has 31 heavy (non-hydrogen) atoms. The summed E-state index contributed by atoms with van der Waals surface area (Å²) in [7, 11) is 0. The molecule has 0 amide bonds. The van der Waals surface area contributed by atoms with Gasteiger partial charge in [-0.2, -0.15) is 9.50 Å². The van der Waals surface area contributed by atoms with Crippen molar-refractivity contribution < 1.29 is 9.90 Å². The van der Waals surface area contributed by atoms with Gasteiger partial charge in [0.2, 0.25) is 0 Å². The van der Waals surface area contributed by atoms with Crippen molar-refractivity contribution in [3.8, 4) is 11.3 Å². The minimum absolute atomic E-state index is 0.489. The molecule has 6 heteroatoms. The molecule has 0 radical (unpaired) electrons. The first kappa shape index (κ1) is 20.7. The van der Waals surface area contributed by atoms with E-state index in [-0.39, 0.29) is 0 Å². The maximum absolute atomic E-state index is 12.2. The summed E-state index contributed by atoms with van der Waals surface area (Å²) in [5.41, 5.74) is 5.31. The Bertz CT molecular complexity index is 1210. The maximum atomic E-state index is 12.2. The fourth-order valence-electron chi connectivity index (χ4n) is 4.00. The number of carboxylic acid groups (broad SMARTS) is 1. The van der Waals surface area contributed by atoms with Crippen LogP contribution in [0.4, 0.5) is 0 Å². The molecule has 0 saturated carbocycles. The van der Waals surface area contributed by atoms with E-state index in [1.807, 2.05) is 75.4 Å². The summed E-state index contributed by atoms with van der Waals surface area (Å²) in [5.74, 6) is -0.349. The van der Waals surface area contributed by atoms with Crippen LogP contribution >= 0.6 is 0 Å². The Morgan fingerprint density at radius 3 is 2.39 bits per heavy atom.